The molecule has 1 heterocycles. The van der Waals surface area contributed by atoms with Crippen LogP contribution in [0.25, 0.3) is 0 Å². The smallest absolute Gasteiger partial charge is 0.203 e. The van der Waals surface area contributed by atoms with E-state index in [1.54, 1.807) is 26.4 Å². The molecule has 1 aliphatic rings. The number of nitrogens with zero attached hydrogens (tertiary/aromatic N) is 2. The summed E-state index contributed by atoms with van der Waals surface area (Å²) in [6.07, 6.45) is 5.69. The molecule has 0 aliphatic carbocycles. The number of hydrogen-bond donors (Lipinski definition) is 0. The second kappa shape index (κ2) is 9.62. The average molecular weight is 352 g/mol. The number of hydrogen-bond acceptors (Lipinski definition) is 6. The van der Waals surface area contributed by atoms with E-state index >= 15 is 0 Å². The highest BCUT2D eigenvalue weighted by Gasteiger charge is 2.17. The molecule has 1 aromatic rings. The summed E-state index contributed by atoms with van der Waals surface area (Å²) in [5, 5.41) is 0. The lowest BCUT2D eigenvalue weighted by Crippen LogP contribution is -2.46. The maximum atomic E-state index is 11.0. The molecule has 0 amide bonds. The molecular weight excluding hydrogens is 327 g/mol. The highest BCUT2D eigenvalue weighted by atomic mass is 31.1. The van der Waals surface area contributed by atoms with Gasteiger partial charge in [-0.1, -0.05) is 14.5 Å². The van der Waals surface area contributed by atoms with E-state index in [-0.39, 0.29) is 0 Å². The first-order valence-corrected chi connectivity index (χ1v) is 9.19. The monoisotopic (exact) mass is 352 g/mol. The van der Waals surface area contributed by atoms with Gasteiger partial charge in [-0.15, -0.1) is 0 Å². The molecule has 0 saturated carbocycles. The van der Waals surface area contributed by atoms with Crippen LogP contribution in [-0.2, 0) is 0 Å². The van der Waals surface area contributed by atoms with Gasteiger partial charge in [0.1, 0.15) is 12.9 Å². The Hall–Kier alpha value is -1.62. The lowest BCUT2D eigenvalue weighted by molar-refractivity contribution is 0.112. The van der Waals surface area contributed by atoms with Gasteiger partial charge in [0, 0.05) is 44.6 Å². The van der Waals surface area contributed by atoms with Gasteiger partial charge in [-0.25, -0.2) is 0 Å². The summed E-state index contributed by atoms with van der Waals surface area (Å²) in [5.74, 6) is 1.56. The fourth-order valence-electron chi connectivity index (χ4n) is 2.68. The number of benzene rings is 1. The van der Waals surface area contributed by atoms with Crippen LogP contribution < -0.4 is 14.2 Å². The predicted molar refractivity (Wildman–Crippen MR) is 97.3 cm³/mol. The summed E-state index contributed by atoms with van der Waals surface area (Å²) in [6, 6.07) is 3.31. The topological polar surface area (TPSA) is 51.2 Å². The molecule has 6 nitrogen and oxygen atoms in total. The largest absolute Gasteiger partial charge is 0.493 e. The normalized spacial score (nSPS) is 16.1. The first-order chi connectivity index (χ1) is 11.7. The van der Waals surface area contributed by atoms with Crippen LogP contribution in [0.5, 0.6) is 17.2 Å². The molecule has 1 aliphatic heterocycles. The molecule has 1 aromatic carbocycles. The molecule has 0 radical (unpaired) electrons. The molecule has 24 heavy (non-hydrogen) atoms. The Morgan fingerprint density at radius 2 is 1.71 bits per heavy atom. The van der Waals surface area contributed by atoms with Crippen LogP contribution in [0.15, 0.2) is 12.1 Å². The molecule has 2 rings (SSSR count). The van der Waals surface area contributed by atoms with Crippen molar-refractivity contribution in [2.24, 2.45) is 0 Å². The second-order valence-corrected chi connectivity index (χ2v) is 6.28. The third kappa shape index (κ3) is 4.94. The molecule has 0 spiro atoms. The van der Waals surface area contributed by atoms with Crippen LogP contribution in [0.3, 0.4) is 0 Å². The van der Waals surface area contributed by atoms with Gasteiger partial charge in [0.15, 0.2) is 11.5 Å². The Bertz CT molecular complexity index is 535. The fraction of sp³-hybridized carbons (Fsp3) is 0.529. The zero-order chi connectivity index (χ0) is 17.4. The van der Waals surface area contributed by atoms with E-state index in [1.165, 1.54) is 8.20 Å². The lowest BCUT2D eigenvalue weighted by atomic mass is 10.2. The molecule has 0 bridgehead atoms. The summed E-state index contributed by atoms with van der Waals surface area (Å²) >= 11 is 0. The molecule has 0 atom stereocenters. The van der Waals surface area contributed by atoms with E-state index in [1.807, 2.05) is 0 Å². The first kappa shape index (κ1) is 18.7. The van der Waals surface area contributed by atoms with Crippen LogP contribution in [0, 0.1) is 0 Å². The molecule has 132 valence electrons. The Morgan fingerprint density at radius 3 is 2.21 bits per heavy atom. The Balaban J connectivity index is 1.90. The number of carbonyl (C=O) groups is 1. The standard InChI is InChI=1S/C17H25N2O4P/c1-21-15-10-14(12-20)11-16(22-2)17(15)23-9-8-18-4-6-19(7-5-18)13-24-3/h10-12H,3-9,13H2,1-2H3. The van der Waals surface area contributed by atoms with Crippen LogP contribution in [-0.4, -0.2) is 82.2 Å². The minimum absolute atomic E-state index is 0.497. The Labute approximate surface area is 145 Å². The molecule has 0 N–H and O–H groups in total. The molecule has 0 aromatic heterocycles. The summed E-state index contributed by atoms with van der Waals surface area (Å²) in [6.45, 7) is 5.61. The van der Waals surface area contributed by atoms with Gasteiger partial charge >= 0.3 is 0 Å². The van der Waals surface area contributed by atoms with E-state index in [2.05, 4.69) is 16.1 Å². The highest BCUT2D eigenvalue weighted by Crippen LogP contribution is 2.38. The third-order valence-electron chi connectivity index (χ3n) is 4.04. The molecule has 1 saturated heterocycles. The summed E-state index contributed by atoms with van der Waals surface area (Å²) in [7, 11) is 4.28. The van der Waals surface area contributed by atoms with Gasteiger partial charge in [0.2, 0.25) is 5.75 Å². The SMILES string of the molecule is C=PCN1CCN(CCOc2c(OC)cc(C=O)cc2OC)CC1. The summed E-state index contributed by atoms with van der Waals surface area (Å²) < 4.78 is 16.5. The number of carbonyl (C=O) groups excluding carboxylic acids is 1. The van der Waals surface area contributed by atoms with Crippen molar-refractivity contribution in [1.29, 1.82) is 0 Å². The van der Waals surface area contributed by atoms with Crippen LogP contribution in [0.4, 0.5) is 0 Å². The maximum absolute atomic E-state index is 11.0. The van der Waals surface area contributed by atoms with Crippen LogP contribution >= 0.6 is 8.20 Å². The van der Waals surface area contributed by atoms with Crippen molar-refractivity contribution < 1.29 is 19.0 Å². The van der Waals surface area contributed by atoms with Crippen molar-refractivity contribution in [2.75, 3.05) is 59.8 Å². The minimum atomic E-state index is 0.497. The number of ether oxygens (including phenoxy) is 3. The first-order valence-electron chi connectivity index (χ1n) is 7.93. The van der Waals surface area contributed by atoms with Gasteiger partial charge in [-0.05, 0) is 12.1 Å². The predicted octanol–water partition coefficient (Wildman–Crippen LogP) is 1.85. The Morgan fingerprint density at radius 1 is 1.12 bits per heavy atom. The fourth-order valence-corrected chi connectivity index (χ4v) is 3.25. The van der Waals surface area contributed by atoms with E-state index in [9.17, 15) is 4.79 Å². The number of piperazine rings is 1. The van der Waals surface area contributed by atoms with E-state index < -0.39 is 0 Å². The molecule has 1 fully saturated rings. The van der Waals surface area contributed by atoms with Crippen molar-refractivity contribution in [1.82, 2.24) is 9.80 Å². The lowest BCUT2D eigenvalue weighted by Gasteiger charge is -2.33. The third-order valence-corrected chi connectivity index (χ3v) is 4.64. The molecule has 0 unspecified atom stereocenters. The van der Waals surface area contributed by atoms with Crippen molar-refractivity contribution >= 4 is 20.8 Å². The van der Waals surface area contributed by atoms with Gasteiger partial charge in [-0.3, -0.25) is 14.6 Å². The second-order valence-electron chi connectivity index (χ2n) is 5.55. The van der Waals surface area contributed by atoms with E-state index in [0.717, 1.165) is 45.3 Å². The number of rotatable bonds is 9. The molecular formula is C17H25N2O4P. The molecule has 7 heteroatoms. The van der Waals surface area contributed by atoms with E-state index in [4.69, 9.17) is 14.2 Å². The van der Waals surface area contributed by atoms with Crippen molar-refractivity contribution in [3.63, 3.8) is 0 Å². The maximum Gasteiger partial charge on any atom is 0.203 e. The minimum Gasteiger partial charge on any atom is -0.493 e. The van der Waals surface area contributed by atoms with Crippen LogP contribution in [0.1, 0.15) is 10.4 Å². The van der Waals surface area contributed by atoms with Crippen molar-refractivity contribution in [3.8, 4) is 17.2 Å². The van der Waals surface area contributed by atoms with Gasteiger partial charge < -0.3 is 14.2 Å². The van der Waals surface area contributed by atoms with Gasteiger partial charge in [0.25, 0.3) is 0 Å². The van der Waals surface area contributed by atoms with Gasteiger partial charge in [0.05, 0.1) is 14.2 Å². The zero-order valence-corrected chi connectivity index (χ0v) is 15.3. The zero-order valence-electron chi connectivity index (χ0n) is 14.4. The van der Waals surface area contributed by atoms with Crippen molar-refractivity contribution in [3.05, 3.63) is 17.7 Å². The average Bonchev–Trinajstić information content (AvgIpc) is 2.63. The quantitative estimate of drug-likeness (QED) is 0.499. The van der Waals surface area contributed by atoms with Crippen LogP contribution in [0.2, 0.25) is 0 Å². The van der Waals surface area contributed by atoms with Crippen molar-refractivity contribution in [2.45, 2.75) is 0 Å². The summed E-state index contributed by atoms with van der Waals surface area (Å²) in [5.41, 5.74) is 0.497. The highest BCUT2D eigenvalue weighted by molar-refractivity contribution is 7.36. The number of aldehydes is 1. The Kier molecular flexibility index (Phi) is 7.50. The summed E-state index contributed by atoms with van der Waals surface area (Å²) in [4.78, 5) is 15.8. The van der Waals surface area contributed by atoms with E-state index in [0.29, 0.717) is 29.4 Å². The van der Waals surface area contributed by atoms with Gasteiger partial charge in [-0.2, -0.15) is 0 Å². The number of methoxy groups -OCH3 is 2.